The standard InChI is InChI=1S/C12H17NO/c1-2-11(13)12-10-6-4-3-5-9(10)7-8-14-12/h3-6,11-12H,2,7-8,13H2,1H3/t11-,12-/m0/s1. The van der Waals surface area contributed by atoms with E-state index in [-0.39, 0.29) is 12.1 Å². The zero-order valence-electron chi connectivity index (χ0n) is 8.57. The Morgan fingerprint density at radius 2 is 2.29 bits per heavy atom. The lowest BCUT2D eigenvalue weighted by molar-refractivity contribution is 0.0238. The first-order chi connectivity index (χ1) is 6.83. The molecule has 2 atom stereocenters. The molecule has 1 heterocycles. The molecule has 14 heavy (non-hydrogen) atoms. The van der Waals surface area contributed by atoms with Crippen LogP contribution in [0.5, 0.6) is 0 Å². The fourth-order valence-electron chi connectivity index (χ4n) is 1.99. The van der Waals surface area contributed by atoms with Gasteiger partial charge in [-0.3, -0.25) is 0 Å². The highest BCUT2D eigenvalue weighted by molar-refractivity contribution is 5.31. The van der Waals surface area contributed by atoms with Crippen molar-refractivity contribution in [3.63, 3.8) is 0 Å². The number of hydrogen-bond acceptors (Lipinski definition) is 2. The van der Waals surface area contributed by atoms with Crippen molar-refractivity contribution in [2.75, 3.05) is 6.61 Å². The van der Waals surface area contributed by atoms with E-state index in [1.165, 1.54) is 11.1 Å². The average Bonchev–Trinajstić information content (AvgIpc) is 2.27. The van der Waals surface area contributed by atoms with Crippen molar-refractivity contribution in [2.45, 2.75) is 31.9 Å². The summed E-state index contributed by atoms with van der Waals surface area (Å²) in [5.41, 5.74) is 8.72. The highest BCUT2D eigenvalue weighted by atomic mass is 16.5. The van der Waals surface area contributed by atoms with Gasteiger partial charge in [0.2, 0.25) is 0 Å². The Hall–Kier alpha value is -0.860. The van der Waals surface area contributed by atoms with Crippen molar-refractivity contribution < 1.29 is 4.74 Å². The Kier molecular flexibility index (Phi) is 2.85. The third-order valence-electron chi connectivity index (χ3n) is 2.89. The predicted octanol–water partition coefficient (Wildman–Crippen LogP) is 2.04. The maximum atomic E-state index is 6.04. The minimum absolute atomic E-state index is 0.102. The molecule has 1 aromatic rings. The zero-order chi connectivity index (χ0) is 9.97. The topological polar surface area (TPSA) is 35.2 Å². The van der Waals surface area contributed by atoms with Gasteiger partial charge in [-0.2, -0.15) is 0 Å². The van der Waals surface area contributed by atoms with Crippen molar-refractivity contribution in [3.05, 3.63) is 35.4 Å². The van der Waals surface area contributed by atoms with Crippen molar-refractivity contribution in [2.24, 2.45) is 5.73 Å². The van der Waals surface area contributed by atoms with Crippen LogP contribution in [0, 0.1) is 0 Å². The van der Waals surface area contributed by atoms with Crippen LogP contribution in [0.15, 0.2) is 24.3 Å². The summed E-state index contributed by atoms with van der Waals surface area (Å²) in [5.74, 6) is 0. The van der Waals surface area contributed by atoms with Crippen LogP contribution < -0.4 is 5.73 Å². The largest absolute Gasteiger partial charge is 0.372 e. The van der Waals surface area contributed by atoms with Crippen LogP contribution in [0.3, 0.4) is 0 Å². The van der Waals surface area contributed by atoms with Crippen molar-refractivity contribution in [1.29, 1.82) is 0 Å². The third kappa shape index (κ3) is 1.68. The summed E-state index contributed by atoms with van der Waals surface area (Å²) >= 11 is 0. The van der Waals surface area contributed by atoms with Gasteiger partial charge in [0.15, 0.2) is 0 Å². The van der Waals surface area contributed by atoms with E-state index in [0.717, 1.165) is 19.4 Å². The molecular formula is C12H17NO. The summed E-state index contributed by atoms with van der Waals surface area (Å²) in [7, 11) is 0. The molecule has 76 valence electrons. The highest BCUT2D eigenvalue weighted by Gasteiger charge is 2.24. The molecule has 1 aliphatic rings. The summed E-state index contributed by atoms with van der Waals surface area (Å²) in [6, 6.07) is 8.57. The number of rotatable bonds is 2. The first kappa shape index (κ1) is 9.69. The number of fused-ring (bicyclic) bond motifs is 1. The molecule has 0 aliphatic carbocycles. The Morgan fingerprint density at radius 3 is 3.07 bits per heavy atom. The van der Waals surface area contributed by atoms with Crippen LogP contribution >= 0.6 is 0 Å². The van der Waals surface area contributed by atoms with Gasteiger partial charge >= 0.3 is 0 Å². The monoisotopic (exact) mass is 191 g/mol. The van der Waals surface area contributed by atoms with Gasteiger partial charge in [-0.05, 0) is 24.0 Å². The van der Waals surface area contributed by atoms with Gasteiger partial charge in [0, 0.05) is 6.04 Å². The Labute approximate surface area is 85.1 Å². The van der Waals surface area contributed by atoms with Crippen LogP contribution in [0.1, 0.15) is 30.6 Å². The van der Waals surface area contributed by atoms with E-state index >= 15 is 0 Å². The fraction of sp³-hybridized carbons (Fsp3) is 0.500. The first-order valence-electron chi connectivity index (χ1n) is 5.28. The molecule has 0 spiro atoms. The van der Waals surface area contributed by atoms with E-state index in [2.05, 4.69) is 31.2 Å². The van der Waals surface area contributed by atoms with E-state index in [4.69, 9.17) is 10.5 Å². The average molecular weight is 191 g/mol. The van der Waals surface area contributed by atoms with Crippen LogP contribution in [-0.4, -0.2) is 12.6 Å². The normalized spacial score (nSPS) is 22.9. The summed E-state index contributed by atoms with van der Waals surface area (Å²) < 4.78 is 5.73. The molecule has 1 aliphatic heterocycles. The molecule has 0 amide bonds. The maximum absolute atomic E-state index is 6.04. The van der Waals surface area contributed by atoms with Crippen LogP contribution in [-0.2, 0) is 11.2 Å². The summed E-state index contributed by atoms with van der Waals surface area (Å²) in [4.78, 5) is 0. The van der Waals surface area contributed by atoms with Gasteiger partial charge in [-0.25, -0.2) is 0 Å². The number of ether oxygens (including phenoxy) is 1. The molecule has 0 unspecified atom stereocenters. The van der Waals surface area contributed by atoms with Crippen LogP contribution in [0.2, 0.25) is 0 Å². The highest BCUT2D eigenvalue weighted by Crippen LogP contribution is 2.29. The second-order valence-corrected chi connectivity index (χ2v) is 3.81. The predicted molar refractivity (Wildman–Crippen MR) is 57.1 cm³/mol. The Morgan fingerprint density at radius 1 is 1.50 bits per heavy atom. The summed E-state index contributed by atoms with van der Waals surface area (Å²) in [5, 5.41) is 0. The van der Waals surface area contributed by atoms with E-state index in [9.17, 15) is 0 Å². The van der Waals surface area contributed by atoms with Gasteiger partial charge in [0.1, 0.15) is 0 Å². The van der Waals surface area contributed by atoms with Gasteiger partial charge in [0.05, 0.1) is 12.7 Å². The number of hydrogen-bond donors (Lipinski definition) is 1. The fourth-order valence-corrected chi connectivity index (χ4v) is 1.99. The second kappa shape index (κ2) is 4.11. The van der Waals surface area contributed by atoms with Crippen LogP contribution in [0.4, 0.5) is 0 Å². The minimum Gasteiger partial charge on any atom is -0.372 e. The van der Waals surface area contributed by atoms with E-state index < -0.39 is 0 Å². The van der Waals surface area contributed by atoms with Gasteiger partial charge < -0.3 is 10.5 Å². The summed E-state index contributed by atoms with van der Waals surface area (Å²) in [6.07, 6.45) is 2.08. The van der Waals surface area contributed by atoms with E-state index in [1.807, 2.05) is 0 Å². The molecule has 2 rings (SSSR count). The number of nitrogens with two attached hydrogens (primary N) is 1. The molecule has 2 N–H and O–H groups in total. The molecule has 0 radical (unpaired) electrons. The Balaban J connectivity index is 2.30. The quantitative estimate of drug-likeness (QED) is 0.776. The smallest absolute Gasteiger partial charge is 0.0978 e. The van der Waals surface area contributed by atoms with Crippen LogP contribution in [0.25, 0.3) is 0 Å². The molecule has 0 saturated carbocycles. The SMILES string of the molecule is CC[C@H](N)[C@H]1OCCc2ccccc21. The molecule has 1 aromatic carbocycles. The second-order valence-electron chi connectivity index (χ2n) is 3.81. The molecular weight excluding hydrogens is 174 g/mol. The Bertz CT molecular complexity index is 311. The third-order valence-corrected chi connectivity index (χ3v) is 2.89. The molecule has 0 saturated heterocycles. The number of benzene rings is 1. The molecule has 2 nitrogen and oxygen atoms in total. The molecule has 0 bridgehead atoms. The molecule has 0 aromatic heterocycles. The van der Waals surface area contributed by atoms with Gasteiger partial charge in [-0.15, -0.1) is 0 Å². The molecule has 2 heteroatoms. The van der Waals surface area contributed by atoms with E-state index in [1.54, 1.807) is 0 Å². The van der Waals surface area contributed by atoms with E-state index in [0.29, 0.717) is 0 Å². The van der Waals surface area contributed by atoms with Crippen molar-refractivity contribution in [1.82, 2.24) is 0 Å². The lowest BCUT2D eigenvalue weighted by Crippen LogP contribution is -2.33. The van der Waals surface area contributed by atoms with Crippen molar-refractivity contribution in [3.8, 4) is 0 Å². The molecule has 0 fully saturated rings. The zero-order valence-corrected chi connectivity index (χ0v) is 8.57. The van der Waals surface area contributed by atoms with Gasteiger partial charge in [-0.1, -0.05) is 31.2 Å². The maximum Gasteiger partial charge on any atom is 0.0978 e. The van der Waals surface area contributed by atoms with Crippen molar-refractivity contribution >= 4 is 0 Å². The first-order valence-corrected chi connectivity index (χ1v) is 5.28. The lowest BCUT2D eigenvalue weighted by atomic mass is 9.93. The minimum atomic E-state index is 0.102. The lowest BCUT2D eigenvalue weighted by Gasteiger charge is -2.29. The summed E-state index contributed by atoms with van der Waals surface area (Å²) in [6.45, 7) is 2.90. The van der Waals surface area contributed by atoms with Gasteiger partial charge in [0.25, 0.3) is 0 Å².